The van der Waals surface area contributed by atoms with E-state index in [1.807, 2.05) is 0 Å². The molecule has 0 amide bonds. The SMILES string of the molecule is Ic1ccc2c(c1)c1ccccc1n2CC1CO1. The molecular weight excluding hydrogens is 337 g/mol. The van der Waals surface area contributed by atoms with Gasteiger partial charge in [0.05, 0.1) is 19.3 Å². The van der Waals surface area contributed by atoms with Crippen molar-refractivity contribution in [3.63, 3.8) is 0 Å². The lowest BCUT2D eigenvalue weighted by Gasteiger charge is -2.04. The number of rotatable bonds is 2. The fourth-order valence-corrected chi connectivity index (χ4v) is 3.09. The number of epoxide rings is 1. The van der Waals surface area contributed by atoms with Crippen LogP contribution in [0.1, 0.15) is 0 Å². The van der Waals surface area contributed by atoms with Crippen LogP contribution < -0.4 is 0 Å². The number of halogens is 1. The summed E-state index contributed by atoms with van der Waals surface area (Å²) >= 11 is 2.37. The van der Waals surface area contributed by atoms with Crippen molar-refractivity contribution in [3.05, 3.63) is 46.0 Å². The van der Waals surface area contributed by atoms with Crippen molar-refractivity contribution in [1.82, 2.24) is 4.57 Å². The zero-order valence-electron chi connectivity index (χ0n) is 9.77. The number of fused-ring (bicyclic) bond motifs is 3. The Morgan fingerprint density at radius 1 is 1.11 bits per heavy atom. The normalized spacial score (nSPS) is 18.6. The number of hydrogen-bond donors (Lipinski definition) is 0. The molecule has 1 unspecified atom stereocenters. The van der Waals surface area contributed by atoms with Crippen molar-refractivity contribution < 1.29 is 4.74 Å². The van der Waals surface area contributed by atoms with Crippen molar-refractivity contribution in [2.45, 2.75) is 12.6 Å². The first-order chi connectivity index (χ1) is 8.83. The monoisotopic (exact) mass is 349 g/mol. The molecule has 0 aliphatic carbocycles. The van der Waals surface area contributed by atoms with E-state index < -0.39 is 0 Å². The Labute approximate surface area is 119 Å². The zero-order valence-corrected chi connectivity index (χ0v) is 11.9. The predicted octanol–water partition coefficient (Wildman–Crippen LogP) is 3.80. The minimum atomic E-state index is 0.406. The number of hydrogen-bond acceptors (Lipinski definition) is 1. The second-order valence-electron chi connectivity index (χ2n) is 4.74. The van der Waals surface area contributed by atoms with Crippen LogP contribution in [-0.4, -0.2) is 17.3 Å². The van der Waals surface area contributed by atoms with Crippen molar-refractivity contribution in [2.24, 2.45) is 0 Å². The maximum atomic E-state index is 5.38. The molecule has 1 atom stereocenters. The average molecular weight is 349 g/mol. The topological polar surface area (TPSA) is 17.5 Å². The van der Waals surface area contributed by atoms with Gasteiger partial charge in [-0.05, 0) is 46.9 Å². The lowest BCUT2D eigenvalue weighted by atomic mass is 10.2. The maximum Gasteiger partial charge on any atom is 0.0988 e. The smallest absolute Gasteiger partial charge is 0.0988 e. The highest BCUT2D eigenvalue weighted by Crippen LogP contribution is 2.31. The third-order valence-corrected chi connectivity index (χ3v) is 4.19. The third-order valence-electron chi connectivity index (χ3n) is 3.52. The Balaban J connectivity index is 2.09. The number of ether oxygens (including phenoxy) is 1. The van der Waals surface area contributed by atoms with Crippen molar-refractivity contribution in [1.29, 1.82) is 0 Å². The first kappa shape index (κ1) is 10.8. The first-order valence-electron chi connectivity index (χ1n) is 6.11. The van der Waals surface area contributed by atoms with Crippen LogP contribution in [0, 0.1) is 3.57 Å². The van der Waals surface area contributed by atoms with Crippen LogP contribution in [0.15, 0.2) is 42.5 Å². The van der Waals surface area contributed by atoms with Gasteiger partial charge in [-0.3, -0.25) is 0 Å². The van der Waals surface area contributed by atoms with E-state index in [1.54, 1.807) is 0 Å². The Morgan fingerprint density at radius 2 is 1.89 bits per heavy atom. The molecule has 4 rings (SSSR count). The van der Waals surface area contributed by atoms with Crippen molar-refractivity contribution in [3.8, 4) is 0 Å². The van der Waals surface area contributed by atoms with Gasteiger partial charge in [-0.15, -0.1) is 0 Å². The second kappa shape index (κ2) is 3.96. The van der Waals surface area contributed by atoms with E-state index in [0.29, 0.717) is 6.10 Å². The van der Waals surface area contributed by atoms with Gasteiger partial charge in [-0.1, -0.05) is 18.2 Å². The molecule has 0 spiro atoms. The summed E-state index contributed by atoms with van der Waals surface area (Å²) in [7, 11) is 0. The van der Waals surface area contributed by atoms with Gasteiger partial charge in [-0.25, -0.2) is 0 Å². The maximum absolute atomic E-state index is 5.38. The molecule has 3 aromatic rings. The average Bonchev–Trinajstić information content (AvgIpc) is 3.15. The molecule has 1 aromatic heterocycles. The van der Waals surface area contributed by atoms with Gasteiger partial charge in [0.15, 0.2) is 0 Å². The minimum Gasteiger partial charge on any atom is -0.371 e. The lowest BCUT2D eigenvalue weighted by Crippen LogP contribution is -2.03. The lowest BCUT2D eigenvalue weighted by molar-refractivity contribution is 0.387. The molecular formula is C15H12INO. The van der Waals surface area contributed by atoms with Crippen LogP contribution in [0.2, 0.25) is 0 Å². The molecule has 0 radical (unpaired) electrons. The Morgan fingerprint density at radius 3 is 2.72 bits per heavy atom. The van der Waals surface area contributed by atoms with Crippen molar-refractivity contribution >= 4 is 44.4 Å². The van der Waals surface area contributed by atoms with Crippen LogP contribution in [0.5, 0.6) is 0 Å². The molecule has 1 fully saturated rings. The Kier molecular flexibility index (Phi) is 2.38. The summed E-state index contributed by atoms with van der Waals surface area (Å²) in [6.07, 6.45) is 0.406. The standard InChI is InChI=1S/C15H12INO/c16-10-5-6-15-13(7-10)12-3-1-2-4-14(12)17(15)8-11-9-18-11/h1-7,11H,8-9H2. The number of para-hydroxylation sites is 1. The fraction of sp³-hybridized carbons (Fsp3) is 0.200. The zero-order chi connectivity index (χ0) is 12.1. The molecule has 90 valence electrons. The molecule has 2 heterocycles. The Hall–Kier alpha value is -1.07. The van der Waals surface area contributed by atoms with Gasteiger partial charge in [0.2, 0.25) is 0 Å². The highest BCUT2D eigenvalue weighted by molar-refractivity contribution is 14.1. The van der Waals surface area contributed by atoms with Crippen LogP contribution in [0.3, 0.4) is 0 Å². The molecule has 1 aliphatic heterocycles. The van der Waals surface area contributed by atoms with E-state index in [4.69, 9.17) is 4.74 Å². The van der Waals surface area contributed by atoms with Gasteiger partial charge in [0, 0.05) is 25.4 Å². The molecule has 2 nitrogen and oxygen atoms in total. The fourth-order valence-electron chi connectivity index (χ4n) is 2.60. The van der Waals surface area contributed by atoms with Crippen LogP contribution >= 0.6 is 22.6 Å². The van der Waals surface area contributed by atoms with E-state index in [2.05, 4.69) is 69.6 Å². The molecule has 18 heavy (non-hydrogen) atoms. The van der Waals surface area contributed by atoms with Crippen LogP contribution in [-0.2, 0) is 11.3 Å². The minimum absolute atomic E-state index is 0.406. The molecule has 3 heteroatoms. The molecule has 0 N–H and O–H groups in total. The second-order valence-corrected chi connectivity index (χ2v) is 5.99. The van der Waals surface area contributed by atoms with Crippen LogP contribution in [0.25, 0.3) is 21.8 Å². The largest absolute Gasteiger partial charge is 0.371 e. The van der Waals surface area contributed by atoms with Gasteiger partial charge >= 0.3 is 0 Å². The van der Waals surface area contributed by atoms with E-state index in [0.717, 1.165) is 13.2 Å². The molecule has 0 saturated carbocycles. The van der Waals surface area contributed by atoms with Crippen molar-refractivity contribution in [2.75, 3.05) is 6.61 Å². The number of benzene rings is 2. The molecule has 1 aliphatic rings. The number of aromatic nitrogens is 1. The van der Waals surface area contributed by atoms with E-state index in [1.165, 1.54) is 25.4 Å². The third kappa shape index (κ3) is 1.65. The summed E-state index contributed by atoms with van der Waals surface area (Å²) in [5, 5.41) is 2.69. The molecule has 2 aromatic carbocycles. The Bertz CT molecular complexity index is 743. The van der Waals surface area contributed by atoms with Crippen LogP contribution in [0.4, 0.5) is 0 Å². The van der Waals surface area contributed by atoms with E-state index in [-0.39, 0.29) is 0 Å². The molecule has 1 saturated heterocycles. The summed E-state index contributed by atoms with van der Waals surface area (Å²) in [6.45, 7) is 1.86. The summed E-state index contributed by atoms with van der Waals surface area (Å²) in [5.74, 6) is 0. The molecule has 0 bridgehead atoms. The number of nitrogens with zero attached hydrogens (tertiary/aromatic N) is 1. The predicted molar refractivity (Wildman–Crippen MR) is 81.9 cm³/mol. The van der Waals surface area contributed by atoms with Gasteiger partial charge < -0.3 is 9.30 Å². The first-order valence-corrected chi connectivity index (χ1v) is 7.19. The summed E-state index contributed by atoms with van der Waals surface area (Å²) in [6, 6.07) is 15.3. The summed E-state index contributed by atoms with van der Waals surface area (Å²) < 4.78 is 9.05. The van der Waals surface area contributed by atoms with Gasteiger partial charge in [-0.2, -0.15) is 0 Å². The van der Waals surface area contributed by atoms with Gasteiger partial charge in [0.25, 0.3) is 0 Å². The summed E-state index contributed by atoms with van der Waals surface area (Å²) in [4.78, 5) is 0. The highest BCUT2D eigenvalue weighted by Gasteiger charge is 2.24. The summed E-state index contributed by atoms with van der Waals surface area (Å²) in [5.41, 5.74) is 2.62. The van der Waals surface area contributed by atoms with E-state index >= 15 is 0 Å². The quantitative estimate of drug-likeness (QED) is 0.508. The highest BCUT2D eigenvalue weighted by atomic mass is 127. The van der Waals surface area contributed by atoms with E-state index in [9.17, 15) is 0 Å². The van der Waals surface area contributed by atoms with Gasteiger partial charge in [0.1, 0.15) is 0 Å².